The molecule has 106 valence electrons. The maximum absolute atomic E-state index is 10.3. The summed E-state index contributed by atoms with van der Waals surface area (Å²) >= 11 is 0. The molecular weight excluding hydrogens is 270 g/mol. The highest BCUT2D eigenvalue weighted by Crippen LogP contribution is 2.36. The Bertz CT molecular complexity index is 693. The minimum absolute atomic E-state index is 0.0214. The first-order valence-corrected chi connectivity index (χ1v) is 6.52. The third-order valence-corrected chi connectivity index (χ3v) is 4.12. The van der Waals surface area contributed by atoms with E-state index in [2.05, 4.69) is 14.3 Å². The molecule has 0 amide bonds. The van der Waals surface area contributed by atoms with Crippen LogP contribution in [0.25, 0.3) is 11.0 Å². The van der Waals surface area contributed by atoms with Gasteiger partial charge in [-0.2, -0.15) is 0 Å². The van der Waals surface area contributed by atoms with E-state index in [1.165, 1.54) is 0 Å². The molecule has 9 heteroatoms. The highest BCUT2D eigenvalue weighted by molar-refractivity contribution is 6.33. The van der Waals surface area contributed by atoms with Gasteiger partial charge in [0, 0.05) is 6.92 Å². The number of nitrogen functional groups attached to an aromatic ring is 1. The van der Waals surface area contributed by atoms with E-state index in [0.29, 0.717) is 16.6 Å². The van der Waals surface area contributed by atoms with Crippen LogP contribution in [0.5, 0.6) is 0 Å². The van der Waals surface area contributed by atoms with Crippen molar-refractivity contribution in [2.75, 3.05) is 12.8 Å². The average Bonchev–Trinajstić information content (AvgIpc) is 2.82. The van der Waals surface area contributed by atoms with Crippen LogP contribution in [0, 0.1) is 0 Å². The smallest absolute Gasteiger partial charge is 0.269 e. The lowest BCUT2D eigenvalue weighted by Gasteiger charge is -2.24. The van der Waals surface area contributed by atoms with Gasteiger partial charge in [0.2, 0.25) is 0 Å². The van der Waals surface area contributed by atoms with Crippen molar-refractivity contribution in [2.45, 2.75) is 31.5 Å². The molecule has 0 bridgehead atoms. The first-order valence-electron chi connectivity index (χ1n) is 6.52. The molecule has 21 heavy (non-hydrogen) atoms. The summed E-state index contributed by atoms with van der Waals surface area (Å²) in [6.45, 7) is 1.79. The van der Waals surface area contributed by atoms with E-state index in [9.17, 15) is 10.2 Å². The number of anilines is 1. The minimum Gasteiger partial charge on any atom is -0.399 e. The number of aromatic nitrogens is 3. The molecular formula is C12H15B2N4O3+. The van der Waals surface area contributed by atoms with E-state index in [-0.39, 0.29) is 17.6 Å². The molecule has 4 N–H and O–H groups in total. The van der Waals surface area contributed by atoms with Gasteiger partial charge in [-0.15, -0.1) is 0 Å². The molecule has 2 aromatic heterocycles. The fourth-order valence-corrected chi connectivity index (χ4v) is 2.85. The Labute approximate surface area is 124 Å². The number of aliphatic hydroxyl groups excluding tert-OH is 2. The van der Waals surface area contributed by atoms with Crippen LogP contribution in [0.4, 0.5) is 5.82 Å². The average molecular weight is 285 g/mol. The van der Waals surface area contributed by atoms with Crippen molar-refractivity contribution in [3.05, 3.63) is 6.07 Å². The second kappa shape index (κ2) is 4.72. The topological polar surface area (TPSA) is 99.9 Å². The zero-order chi connectivity index (χ0) is 15.5. The number of nitrogens with two attached hydrogens (primary N) is 1. The molecule has 1 fully saturated rings. The largest absolute Gasteiger partial charge is 0.399 e. The Balaban J connectivity index is 2.23. The van der Waals surface area contributed by atoms with E-state index in [1.54, 1.807) is 24.7 Å². The molecule has 4 atom stereocenters. The predicted molar refractivity (Wildman–Crippen MR) is 80.2 cm³/mol. The second-order valence-electron chi connectivity index (χ2n) is 5.33. The van der Waals surface area contributed by atoms with Gasteiger partial charge in [0.05, 0.1) is 11.1 Å². The van der Waals surface area contributed by atoms with Crippen LogP contribution < -0.4 is 17.1 Å². The number of rotatable bonds is 1. The molecule has 1 aliphatic rings. The monoisotopic (exact) mass is 285 g/mol. The zero-order valence-electron chi connectivity index (χ0n) is 11.8. The van der Waals surface area contributed by atoms with Gasteiger partial charge in [0.25, 0.3) is 6.23 Å². The fraction of sp³-hybridized carbons (Fsp3) is 0.500. The maximum Gasteiger partial charge on any atom is 0.269 e. The summed E-state index contributed by atoms with van der Waals surface area (Å²) in [6, 6.07) is 1.63. The van der Waals surface area contributed by atoms with Crippen LogP contribution in [-0.4, -0.2) is 65.9 Å². The first kappa shape index (κ1) is 14.4. The Morgan fingerprint density at radius 2 is 1.95 bits per heavy atom. The third-order valence-electron chi connectivity index (χ3n) is 4.12. The summed E-state index contributed by atoms with van der Waals surface area (Å²) in [5.74, 6) is 0.219. The fourth-order valence-electron chi connectivity index (χ4n) is 2.85. The molecule has 1 aliphatic heterocycles. The van der Waals surface area contributed by atoms with E-state index < -0.39 is 18.4 Å². The van der Waals surface area contributed by atoms with Gasteiger partial charge >= 0.3 is 0 Å². The molecule has 2 aromatic rings. The third kappa shape index (κ3) is 1.96. The summed E-state index contributed by atoms with van der Waals surface area (Å²) < 4.78 is 4.33. The van der Waals surface area contributed by atoms with Gasteiger partial charge in [-0.05, 0) is 11.7 Å². The molecule has 7 nitrogen and oxygen atoms in total. The van der Waals surface area contributed by atoms with Crippen LogP contribution in [-0.2, 0) is 4.37 Å². The van der Waals surface area contributed by atoms with Crippen LogP contribution in [0.3, 0.4) is 0 Å². The van der Waals surface area contributed by atoms with Crippen LogP contribution in [0.2, 0.25) is 0 Å². The van der Waals surface area contributed by atoms with Crippen molar-refractivity contribution >= 4 is 43.9 Å². The number of hydrogen-bond donors (Lipinski definition) is 3. The normalized spacial score (nSPS) is 30.3. The lowest BCUT2D eigenvalue weighted by atomic mass is 10.0. The van der Waals surface area contributed by atoms with Crippen molar-refractivity contribution < 1.29 is 14.6 Å². The minimum atomic E-state index is -1.04. The molecule has 0 aliphatic carbocycles. The molecule has 3 rings (SSSR count). The molecule has 2 unspecified atom stereocenters. The molecule has 1 saturated heterocycles. The van der Waals surface area contributed by atoms with E-state index >= 15 is 0 Å². The van der Waals surface area contributed by atoms with Gasteiger partial charge in [0.1, 0.15) is 26.4 Å². The summed E-state index contributed by atoms with van der Waals surface area (Å²) in [5.41, 5.74) is 6.62. The molecule has 0 spiro atoms. The van der Waals surface area contributed by atoms with Gasteiger partial charge in [0.15, 0.2) is 26.2 Å². The molecule has 3 heterocycles. The zero-order valence-corrected chi connectivity index (χ0v) is 11.8. The van der Waals surface area contributed by atoms with Gasteiger partial charge in [-0.1, -0.05) is 0 Å². The SMILES string of the molecule is [B]c1nc(N)c2cc([B])n([C@H]3C(O)C(O)[C@@H](C)[O+]3C)c2n1. The number of aliphatic hydroxyl groups is 2. The Morgan fingerprint density at radius 3 is 2.52 bits per heavy atom. The van der Waals surface area contributed by atoms with Gasteiger partial charge in [-0.25, -0.2) is 9.97 Å². The van der Waals surface area contributed by atoms with Crippen molar-refractivity contribution in [1.29, 1.82) is 0 Å². The van der Waals surface area contributed by atoms with Crippen molar-refractivity contribution in [3.8, 4) is 0 Å². The van der Waals surface area contributed by atoms with Crippen molar-refractivity contribution in [3.63, 3.8) is 0 Å². The number of fused-ring (bicyclic) bond motifs is 1. The van der Waals surface area contributed by atoms with E-state index in [1.807, 2.05) is 0 Å². The second-order valence-corrected chi connectivity index (χ2v) is 5.33. The van der Waals surface area contributed by atoms with Crippen molar-refractivity contribution in [2.24, 2.45) is 0 Å². The van der Waals surface area contributed by atoms with Crippen LogP contribution >= 0.6 is 0 Å². The number of nitrogens with zero attached hydrogens (tertiary/aromatic N) is 3. The standard InChI is InChI=1S/C12H15B2N4O3/c1-4-7(19)8(20)11(21(4)2)18-6(13)3-5-9(15)16-12(14)17-10(5)18/h3-4,7-8,11,19-20H,1-2H3,(H2,15,16,17)/q+1/t4-,7?,8?,11-/m1/s1. The van der Waals surface area contributed by atoms with E-state index in [0.717, 1.165) is 0 Å². The van der Waals surface area contributed by atoms with E-state index in [4.69, 9.17) is 21.4 Å². The van der Waals surface area contributed by atoms with Gasteiger partial charge in [-0.3, -0.25) is 4.57 Å². The Morgan fingerprint density at radius 1 is 1.29 bits per heavy atom. The molecule has 0 saturated carbocycles. The highest BCUT2D eigenvalue weighted by Gasteiger charge is 2.51. The molecule has 0 aromatic carbocycles. The quantitative estimate of drug-likeness (QED) is 0.394. The van der Waals surface area contributed by atoms with Crippen LogP contribution in [0.15, 0.2) is 6.07 Å². The molecule has 4 radical (unpaired) electrons. The van der Waals surface area contributed by atoms with Crippen LogP contribution in [0.1, 0.15) is 13.2 Å². The van der Waals surface area contributed by atoms with Gasteiger partial charge < -0.3 is 20.3 Å². The highest BCUT2D eigenvalue weighted by atomic mass is 16.7. The predicted octanol–water partition coefficient (Wildman–Crippen LogP) is -2.59. The summed E-state index contributed by atoms with van der Waals surface area (Å²) in [6.07, 6.45) is -2.90. The summed E-state index contributed by atoms with van der Waals surface area (Å²) in [4.78, 5) is 8.05. The lowest BCUT2D eigenvalue weighted by molar-refractivity contribution is -0.208. The number of hydrogen-bond acceptors (Lipinski definition) is 5. The van der Waals surface area contributed by atoms with Crippen molar-refractivity contribution in [1.82, 2.24) is 14.5 Å². The summed E-state index contributed by atoms with van der Waals surface area (Å²) in [7, 11) is 13.4. The lowest BCUT2D eigenvalue weighted by Crippen LogP contribution is -2.34. The first-order chi connectivity index (χ1) is 9.82. The maximum atomic E-state index is 10.3. The Hall–Kier alpha value is -1.57. The summed E-state index contributed by atoms with van der Waals surface area (Å²) in [5, 5.41) is 20.9. The Kier molecular flexibility index (Phi) is 3.23.